The van der Waals surface area contributed by atoms with Gasteiger partial charge in [-0.1, -0.05) is 63.2 Å². The maximum atomic E-state index is 14.4. The molecule has 10 nitrogen and oxygen atoms in total. The molecular formula is C35H46N2O8S. The van der Waals surface area contributed by atoms with Crippen LogP contribution < -0.4 is 10.1 Å². The van der Waals surface area contributed by atoms with Gasteiger partial charge in [0.25, 0.3) is 0 Å². The van der Waals surface area contributed by atoms with E-state index in [-0.39, 0.29) is 25.8 Å². The molecule has 1 N–H and O–H groups in total. The number of esters is 1. The zero-order valence-electron chi connectivity index (χ0n) is 27.8. The SMILES string of the molecule is C=C[C@@H]1C[C@]1(NC(=O)[C@@H]1C[C@@H](Oc2cccc3ccccc23)CN1C(=O)C(CC(=O)OC(C)(C)C)C(C)(C)C)C(=O)CS(C)(=O)=O. The summed E-state index contributed by atoms with van der Waals surface area (Å²) in [7, 11) is -3.65. The Morgan fingerprint density at radius 3 is 2.30 bits per heavy atom. The number of ketones is 1. The molecule has 1 aliphatic heterocycles. The molecule has 1 saturated carbocycles. The molecule has 1 saturated heterocycles. The fourth-order valence-corrected chi connectivity index (χ4v) is 6.88. The van der Waals surface area contributed by atoms with Gasteiger partial charge in [0.05, 0.1) is 18.9 Å². The van der Waals surface area contributed by atoms with Gasteiger partial charge in [0.1, 0.15) is 34.8 Å². The third-order valence-electron chi connectivity index (χ3n) is 8.56. The van der Waals surface area contributed by atoms with Crippen LogP contribution in [0.15, 0.2) is 55.1 Å². The topological polar surface area (TPSA) is 136 Å². The molecule has 1 aliphatic carbocycles. The van der Waals surface area contributed by atoms with Crippen LogP contribution in [0.2, 0.25) is 0 Å². The number of nitrogens with one attached hydrogen (secondary N) is 1. The molecule has 46 heavy (non-hydrogen) atoms. The Bertz CT molecular complexity index is 1630. The Balaban J connectivity index is 1.66. The summed E-state index contributed by atoms with van der Waals surface area (Å²) in [6.07, 6.45) is 2.07. The van der Waals surface area contributed by atoms with Gasteiger partial charge in [-0.15, -0.1) is 6.58 Å². The quantitative estimate of drug-likeness (QED) is 0.281. The van der Waals surface area contributed by atoms with Crippen LogP contribution in [0.5, 0.6) is 5.75 Å². The monoisotopic (exact) mass is 654 g/mol. The van der Waals surface area contributed by atoms with E-state index < -0.39 is 79.7 Å². The number of hydrogen-bond acceptors (Lipinski definition) is 8. The summed E-state index contributed by atoms with van der Waals surface area (Å²) >= 11 is 0. The van der Waals surface area contributed by atoms with Crippen molar-refractivity contribution in [2.75, 3.05) is 18.6 Å². The van der Waals surface area contributed by atoms with Crippen LogP contribution in [-0.4, -0.2) is 78.7 Å². The molecular weight excluding hydrogens is 608 g/mol. The van der Waals surface area contributed by atoms with Gasteiger partial charge in [-0.25, -0.2) is 8.42 Å². The van der Waals surface area contributed by atoms with Gasteiger partial charge in [-0.05, 0) is 44.1 Å². The van der Waals surface area contributed by atoms with Crippen molar-refractivity contribution in [1.82, 2.24) is 10.2 Å². The first-order valence-corrected chi connectivity index (χ1v) is 17.6. The summed E-state index contributed by atoms with van der Waals surface area (Å²) in [5.74, 6) is -3.52. The second-order valence-electron chi connectivity index (χ2n) is 14.7. The third-order valence-corrected chi connectivity index (χ3v) is 9.35. The molecule has 0 spiro atoms. The van der Waals surface area contributed by atoms with Gasteiger partial charge in [0, 0.05) is 24.0 Å². The van der Waals surface area contributed by atoms with Crippen molar-refractivity contribution in [3.8, 4) is 5.75 Å². The average molecular weight is 655 g/mol. The van der Waals surface area contributed by atoms with E-state index in [1.54, 1.807) is 20.8 Å². The molecule has 1 heterocycles. The first kappa shape index (κ1) is 35.1. The lowest BCUT2D eigenvalue weighted by Gasteiger charge is -2.35. The largest absolute Gasteiger partial charge is 0.488 e. The first-order chi connectivity index (χ1) is 21.2. The lowest BCUT2D eigenvalue weighted by atomic mass is 9.77. The second kappa shape index (κ2) is 12.8. The van der Waals surface area contributed by atoms with Crippen LogP contribution in [0.3, 0.4) is 0 Å². The fraction of sp³-hybridized carbons (Fsp3) is 0.543. The van der Waals surface area contributed by atoms with Crippen LogP contribution >= 0.6 is 0 Å². The molecule has 0 bridgehead atoms. The van der Waals surface area contributed by atoms with E-state index in [4.69, 9.17) is 9.47 Å². The van der Waals surface area contributed by atoms with Gasteiger partial charge in [-0.2, -0.15) is 0 Å². The van der Waals surface area contributed by atoms with Crippen molar-refractivity contribution in [2.45, 2.75) is 84.1 Å². The van der Waals surface area contributed by atoms with Crippen LogP contribution in [0.4, 0.5) is 0 Å². The van der Waals surface area contributed by atoms with Crippen molar-refractivity contribution >= 4 is 44.2 Å². The number of amides is 2. The molecule has 5 atom stereocenters. The maximum Gasteiger partial charge on any atom is 0.307 e. The molecule has 2 aliphatic rings. The molecule has 0 radical (unpaired) electrons. The average Bonchev–Trinajstić information content (AvgIpc) is 3.48. The molecule has 11 heteroatoms. The van der Waals surface area contributed by atoms with Crippen LogP contribution in [0.25, 0.3) is 10.8 Å². The Labute approximate surface area is 271 Å². The lowest BCUT2D eigenvalue weighted by molar-refractivity contribution is -0.161. The highest BCUT2D eigenvalue weighted by molar-refractivity contribution is 7.91. The maximum absolute atomic E-state index is 14.4. The van der Waals surface area contributed by atoms with Crippen molar-refractivity contribution in [1.29, 1.82) is 0 Å². The molecule has 2 aromatic rings. The molecule has 4 rings (SSSR count). The van der Waals surface area contributed by atoms with Gasteiger partial charge in [0.2, 0.25) is 11.8 Å². The third kappa shape index (κ3) is 8.15. The number of carbonyl (C=O) groups is 4. The number of nitrogens with zero attached hydrogens (tertiary/aromatic N) is 1. The number of fused-ring (bicyclic) bond motifs is 1. The smallest absolute Gasteiger partial charge is 0.307 e. The van der Waals surface area contributed by atoms with E-state index in [0.717, 1.165) is 17.0 Å². The highest BCUT2D eigenvalue weighted by Crippen LogP contribution is 2.46. The van der Waals surface area contributed by atoms with Gasteiger partial charge < -0.3 is 19.7 Å². The van der Waals surface area contributed by atoms with Crippen molar-refractivity contribution in [3.63, 3.8) is 0 Å². The molecule has 2 fully saturated rings. The van der Waals surface area contributed by atoms with E-state index in [1.807, 2.05) is 63.2 Å². The Hall–Kier alpha value is -3.73. The number of ether oxygens (including phenoxy) is 2. The highest BCUT2D eigenvalue weighted by Gasteiger charge is 2.60. The molecule has 2 amide bonds. The summed E-state index contributed by atoms with van der Waals surface area (Å²) in [4.78, 5) is 56.0. The molecule has 1 unspecified atom stereocenters. The predicted molar refractivity (Wildman–Crippen MR) is 176 cm³/mol. The number of benzene rings is 2. The predicted octanol–water partition coefficient (Wildman–Crippen LogP) is 4.26. The number of likely N-dealkylation sites (tertiary alicyclic amines) is 1. The summed E-state index contributed by atoms with van der Waals surface area (Å²) in [5.41, 5.74) is -2.82. The Kier molecular flexibility index (Phi) is 9.79. The summed E-state index contributed by atoms with van der Waals surface area (Å²) in [5, 5.41) is 4.67. The first-order valence-electron chi connectivity index (χ1n) is 15.6. The molecule has 2 aromatic carbocycles. The second-order valence-corrected chi connectivity index (χ2v) is 16.8. The highest BCUT2D eigenvalue weighted by atomic mass is 32.2. The minimum Gasteiger partial charge on any atom is -0.488 e. The van der Waals surface area contributed by atoms with Gasteiger partial charge in [-0.3, -0.25) is 19.2 Å². The standard InChI is InChI=1S/C35H46N2O8S/c1-9-23-19-35(23,29(38)21-46(8,42)43)36-31(40)27-17-24(44-28-16-12-14-22-13-10-11-15-25(22)28)20-37(27)32(41)26(33(2,3)4)18-30(39)45-34(5,6)7/h9-16,23-24,26-27H,1,17-21H2,2-8H3,(H,36,40)/t23-,24-,26?,27+,35-/m1/s1. The molecule has 0 aromatic heterocycles. The van der Waals surface area contributed by atoms with Crippen LogP contribution in [-0.2, 0) is 33.8 Å². The van der Waals surface area contributed by atoms with E-state index in [2.05, 4.69) is 11.9 Å². The summed E-state index contributed by atoms with van der Waals surface area (Å²) < 4.78 is 35.9. The van der Waals surface area contributed by atoms with Crippen molar-refractivity contribution in [2.24, 2.45) is 17.3 Å². The minimum absolute atomic E-state index is 0.0657. The van der Waals surface area contributed by atoms with Crippen LogP contribution in [0.1, 0.15) is 60.8 Å². The van der Waals surface area contributed by atoms with Crippen molar-refractivity contribution in [3.05, 3.63) is 55.1 Å². The van der Waals surface area contributed by atoms with Gasteiger partial charge >= 0.3 is 5.97 Å². The van der Waals surface area contributed by atoms with Crippen LogP contribution in [0, 0.1) is 17.3 Å². The lowest BCUT2D eigenvalue weighted by Crippen LogP contribution is -2.55. The van der Waals surface area contributed by atoms with E-state index in [1.165, 1.54) is 11.0 Å². The number of Topliss-reactive ketones (excluding diaryl/α,β-unsaturated/α-hetero) is 1. The van der Waals surface area contributed by atoms with E-state index in [0.29, 0.717) is 5.75 Å². The summed E-state index contributed by atoms with van der Waals surface area (Å²) in [6, 6.07) is 12.4. The summed E-state index contributed by atoms with van der Waals surface area (Å²) in [6.45, 7) is 14.6. The number of carbonyl (C=O) groups excluding carboxylic acids is 4. The number of sulfone groups is 1. The minimum atomic E-state index is -3.65. The van der Waals surface area contributed by atoms with Gasteiger partial charge in [0.15, 0.2) is 15.6 Å². The van der Waals surface area contributed by atoms with E-state index in [9.17, 15) is 27.6 Å². The zero-order chi connectivity index (χ0) is 34.2. The van der Waals surface area contributed by atoms with Crippen molar-refractivity contribution < 1.29 is 37.1 Å². The fourth-order valence-electron chi connectivity index (χ4n) is 6.14. The zero-order valence-corrected chi connectivity index (χ0v) is 28.6. The van der Waals surface area contributed by atoms with E-state index >= 15 is 0 Å². The molecule has 250 valence electrons. The normalized spacial score (nSPS) is 23.8. The number of rotatable bonds is 11. The number of hydrogen-bond donors (Lipinski definition) is 1. The Morgan fingerprint density at radius 1 is 1.07 bits per heavy atom. The Morgan fingerprint density at radius 2 is 1.72 bits per heavy atom.